The summed E-state index contributed by atoms with van der Waals surface area (Å²) >= 11 is 0. The molecule has 0 aromatic heterocycles. The number of nitrogens with zero attached hydrogens (tertiary/aromatic N) is 1. The Kier molecular flexibility index (Phi) is 7.67. The Hall–Kier alpha value is -2.92. The summed E-state index contributed by atoms with van der Waals surface area (Å²) in [5, 5.41) is 2.69. The molecular formula is C23H26F3N3O4S. The number of carbonyl (C=O) groups excluding carboxylic acids is 2. The third-order valence-corrected chi connectivity index (χ3v) is 7.29. The van der Waals surface area contributed by atoms with Crippen molar-refractivity contribution in [3.8, 4) is 0 Å². The van der Waals surface area contributed by atoms with Gasteiger partial charge in [0.05, 0.1) is 27.6 Å². The minimum absolute atomic E-state index is 0.0711. The van der Waals surface area contributed by atoms with Gasteiger partial charge in [0.2, 0.25) is 10.0 Å². The Morgan fingerprint density at radius 3 is 2.12 bits per heavy atom. The highest BCUT2D eigenvalue weighted by molar-refractivity contribution is 7.90. The second-order valence-electron chi connectivity index (χ2n) is 8.23. The van der Waals surface area contributed by atoms with Gasteiger partial charge in [0.1, 0.15) is 0 Å². The number of unbranched alkanes of at least 4 members (excludes halogenated alkanes) is 2. The van der Waals surface area contributed by atoms with Crippen LogP contribution in [0.15, 0.2) is 42.5 Å². The van der Waals surface area contributed by atoms with Gasteiger partial charge in [-0.05, 0) is 69.2 Å². The van der Waals surface area contributed by atoms with Crippen LogP contribution in [0, 0.1) is 0 Å². The number of hydrogen-bond donors (Lipinski definition) is 2. The van der Waals surface area contributed by atoms with E-state index < -0.39 is 38.8 Å². The molecule has 0 spiro atoms. The molecule has 0 bridgehead atoms. The topological polar surface area (TPSA) is 95.6 Å². The third kappa shape index (κ3) is 5.76. The molecule has 0 saturated carbocycles. The van der Waals surface area contributed by atoms with Crippen LogP contribution in [0.3, 0.4) is 0 Å². The average Bonchev–Trinajstić information content (AvgIpc) is 3.02. The van der Waals surface area contributed by atoms with Crippen LogP contribution in [-0.4, -0.2) is 38.6 Å². The highest BCUT2D eigenvalue weighted by Gasteiger charge is 2.37. The van der Waals surface area contributed by atoms with Crippen molar-refractivity contribution in [3.63, 3.8) is 0 Å². The number of alkyl halides is 3. The van der Waals surface area contributed by atoms with E-state index in [2.05, 4.69) is 10.0 Å². The first-order valence-electron chi connectivity index (χ1n) is 10.8. The van der Waals surface area contributed by atoms with Gasteiger partial charge in [-0.3, -0.25) is 9.59 Å². The normalized spacial score (nSPS) is 14.1. The number of hydrogen-bond acceptors (Lipinski definition) is 5. The summed E-state index contributed by atoms with van der Waals surface area (Å²) < 4.78 is 64.3. The number of benzene rings is 2. The van der Waals surface area contributed by atoms with Crippen LogP contribution in [0.25, 0.3) is 0 Å². The smallest absolute Gasteiger partial charge is 0.385 e. The molecule has 2 N–H and O–H groups in total. The lowest BCUT2D eigenvalue weighted by atomic mass is 10.1. The maximum Gasteiger partial charge on any atom is 0.416 e. The van der Waals surface area contributed by atoms with Crippen LogP contribution in [0.5, 0.6) is 0 Å². The Morgan fingerprint density at radius 1 is 0.882 bits per heavy atom. The van der Waals surface area contributed by atoms with Gasteiger partial charge in [0, 0.05) is 18.8 Å². The summed E-state index contributed by atoms with van der Waals surface area (Å²) in [5.74, 6) is -1.18. The lowest BCUT2D eigenvalue weighted by Gasteiger charge is -2.15. The molecule has 2 amide bonds. The van der Waals surface area contributed by atoms with Gasteiger partial charge >= 0.3 is 6.18 Å². The van der Waals surface area contributed by atoms with Crippen LogP contribution in [-0.2, 0) is 16.2 Å². The summed E-state index contributed by atoms with van der Waals surface area (Å²) in [6, 6.07) is 8.60. The summed E-state index contributed by atoms with van der Waals surface area (Å²) in [5.41, 5.74) is 0.207. The van der Waals surface area contributed by atoms with Gasteiger partial charge in [0.15, 0.2) is 0 Å². The molecule has 7 nitrogen and oxygen atoms in total. The highest BCUT2D eigenvalue weighted by Crippen LogP contribution is 2.33. The van der Waals surface area contributed by atoms with E-state index in [0.717, 1.165) is 42.0 Å². The number of carbonyl (C=O) groups is 2. The van der Waals surface area contributed by atoms with E-state index in [1.807, 2.05) is 0 Å². The Balaban J connectivity index is 1.55. The summed E-state index contributed by atoms with van der Waals surface area (Å²) in [7, 11) is -3.26. The van der Waals surface area contributed by atoms with E-state index >= 15 is 0 Å². The summed E-state index contributed by atoms with van der Waals surface area (Å²) in [6.45, 7) is 4.18. The first kappa shape index (κ1) is 25.7. The van der Waals surface area contributed by atoms with Gasteiger partial charge in [-0.1, -0.05) is 6.42 Å². The Morgan fingerprint density at radius 2 is 1.50 bits per heavy atom. The van der Waals surface area contributed by atoms with Gasteiger partial charge < -0.3 is 5.32 Å². The molecule has 3 rings (SSSR count). The number of sulfonamides is 1. The molecule has 0 fully saturated rings. The van der Waals surface area contributed by atoms with E-state index in [0.29, 0.717) is 25.2 Å². The van der Waals surface area contributed by atoms with Crippen molar-refractivity contribution in [1.29, 1.82) is 0 Å². The quantitative estimate of drug-likeness (QED) is 0.374. The monoisotopic (exact) mass is 497 g/mol. The number of fused-ring (bicyclic) bond motifs is 1. The molecule has 34 heavy (non-hydrogen) atoms. The van der Waals surface area contributed by atoms with Gasteiger partial charge in [-0.15, -0.1) is 0 Å². The van der Waals surface area contributed by atoms with Crippen molar-refractivity contribution in [3.05, 3.63) is 59.2 Å². The first-order chi connectivity index (χ1) is 15.9. The lowest BCUT2D eigenvalue weighted by Crippen LogP contribution is -2.31. The summed E-state index contributed by atoms with van der Waals surface area (Å²) in [4.78, 5) is 26.4. The molecule has 0 saturated heterocycles. The van der Waals surface area contributed by atoms with Crippen LogP contribution in [0.2, 0.25) is 0 Å². The Bertz CT molecular complexity index is 1160. The van der Waals surface area contributed by atoms with Crippen molar-refractivity contribution in [2.24, 2.45) is 0 Å². The number of rotatable bonds is 10. The maximum atomic E-state index is 12.8. The third-order valence-electron chi connectivity index (χ3n) is 5.45. The second-order valence-corrected chi connectivity index (χ2v) is 10.5. The molecule has 11 heteroatoms. The molecule has 1 aliphatic rings. The van der Waals surface area contributed by atoms with Gasteiger partial charge in [0.25, 0.3) is 11.8 Å². The van der Waals surface area contributed by atoms with E-state index in [1.54, 1.807) is 26.0 Å². The van der Waals surface area contributed by atoms with Crippen LogP contribution in [0.1, 0.15) is 59.4 Å². The largest absolute Gasteiger partial charge is 0.416 e. The molecule has 0 radical (unpaired) electrons. The predicted molar refractivity (Wildman–Crippen MR) is 123 cm³/mol. The molecule has 2 aromatic carbocycles. The second kappa shape index (κ2) is 10.1. The minimum atomic E-state index is -4.51. The standard InChI is InChI=1S/C23H26F3N3O4S/c1-15(2)34(32,33)28-13-5-3-4-12-27-17-8-11-19-20(14-17)22(31)29(21(19)30)18-9-6-16(7-10-18)23(24,25)26/h6-11,14-15,27-28H,3-5,12-13H2,1-2H3. The van der Waals surface area contributed by atoms with Crippen molar-refractivity contribution in [2.45, 2.75) is 44.5 Å². The number of anilines is 2. The van der Waals surface area contributed by atoms with E-state index in [9.17, 15) is 31.2 Å². The molecule has 2 aromatic rings. The number of nitrogens with one attached hydrogen (secondary N) is 2. The first-order valence-corrected chi connectivity index (χ1v) is 12.4. The molecule has 0 atom stereocenters. The van der Waals surface area contributed by atoms with E-state index in [-0.39, 0.29) is 16.8 Å². The van der Waals surface area contributed by atoms with Crippen molar-refractivity contribution >= 4 is 33.2 Å². The lowest BCUT2D eigenvalue weighted by molar-refractivity contribution is -0.137. The fraction of sp³-hybridized carbons (Fsp3) is 0.391. The molecule has 1 aliphatic heterocycles. The van der Waals surface area contributed by atoms with Gasteiger partial charge in [-0.2, -0.15) is 13.2 Å². The average molecular weight is 498 g/mol. The van der Waals surface area contributed by atoms with E-state index in [4.69, 9.17) is 0 Å². The Labute approximate surface area is 196 Å². The predicted octanol–water partition coefficient (Wildman–Crippen LogP) is 4.42. The number of imide groups is 1. The molecule has 1 heterocycles. The zero-order valence-electron chi connectivity index (χ0n) is 18.8. The molecule has 0 aliphatic carbocycles. The van der Waals surface area contributed by atoms with Crippen LogP contribution < -0.4 is 14.9 Å². The van der Waals surface area contributed by atoms with Crippen molar-refractivity contribution < 1.29 is 31.2 Å². The fourth-order valence-electron chi connectivity index (χ4n) is 3.43. The van der Waals surface area contributed by atoms with Crippen LogP contribution >= 0.6 is 0 Å². The number of halogens is 3. The maximum absolute atomic E-state index is 12.8. The van der Waals surface area contributed by atoms with Crippen LogP contribution in [0.4, 0.5) is 24.5 Å². The molecule has 0 unspecified atom stereocenters. The van der Waals surface area contributed by atoms with E-state index in [1.165, 1.54) is 6.07 Å². The number of amides is 2. The van der Waals surface area contributed by atoms with Gasteiger partial charge in [-0.25, -0.2) is 18.0 Å². The molecule has 184 valence electrons. The summed E-state index contributed by atoms with van der Waals surface area (Å²) in [6.07, 6.45) is -2.26. The fourth-order valence-corrected chi connectivity index (χ4v) is 4.19. The SMILES string of the molecule is CC(C)S(=O)(=O)NCCCCCNc1ccc2c(c1)C(=O)N(c1ccc(C(F)(F)F)cc1)C2=O. The zero-order valence-corrected chi connectivity index (χ0v) is 19.6. The minimum Gasteiger partial charge on any atom is -0.385 e. The highest BCUT2D eigenvalue weighted by atomic mass is 32.2. The van der Waals surface area contributed by atoms with Crippen molar-refractivity contribution in [2.75, 3.05) is 23.3 Å². The van der Waals surface area contributed by atoms with Crippen molar-refractivity contribution in [1.82, 2.24) is 4.72 Å². The molecular weight excluding hydrogens is 471 g/mol. The zero-order chi connectivity index (χ0) is 25.1.